The summed E-state index contributed by atoms with van der Waals surface area (Å²) < 4.78 is 5.45. The molecular weight excluding hydrogens is 256 g/mol. The van der Waals surface area contributed by atoms with Crippen molar-refractivity contribution in [2.45, 2.75) is 32.5 Å². The molecule has 0 aliphatic carbocycles. The molecule has 1 aliphatic rings. The second kappa shape index (κ2) is 6.72. The fraction of sp³-hybridized carbons (Fsp3) is 0.533. The summed E-state index contributed by atoms with van der Waals surface area (Å²) in [6.45, 7) is 5.45. The lowest BCUT2D eigenvalue weighted by Gasteiger charge is -2.37. The molecule has 0 spiro atoms. The van der Waals surface area contributed by atoms with Crippen LogP contribution >= 0.6 is 0 Å². The lowest BCUT2D eigenvalue weighted by molar-refractivity contribution is -0.125. The van der Waals surface area contributed by atoms with Gasteiger partial charge in [0.15, 0.2) is 0 Å². The van der Waals surface area contributed by atoms with Crippen molar-refractivity contribution in [3.05, 3.63) is 29.8 Å². The first-order valence-corrected chi connectivity index (χ1v) is 6.97. The summed E-state index contributed by atoms with van der Waals surface area (Å²) in [6, 6.07) is 7.37. The number of carbonyl (C=O) groups is 1. The van der Waals surface area contributed by atoms with Crippen LogP contribution in [-0.4, -0.2) is 42.9 Å². The number of hydrogen-bond donors (Lipinski definition) is 2. The van der Waals surface area contributed by atoms with Crippen LogP contribution in [0.4, 0.5) is 5.69 Å². The Hall–Kier alpha value is -1.59. The van der Waals surface area contributed by atoms with Crippen molar-refractivity contribution >= 4 is 11.6 Å². The highest BCUT2D eigenvalue weighted by Gasteiger charge is 2.30. The molecule has 5 heteroatoms. The van der Waals surface area contributed by atoms with E-state index in [1.165, 1.54) is 0 Å². The molecule has 2 N–H and O–H groups in total. The molecular formula is C15H22N2O3. The van der Waals surface area contributed by atoms with Gasteiger partial charge in [-0.1, -0.05) is 18.2 Å². The molecule has 0 radical (unpaired) electrons. The molecule has 1 aromatic carbocycles. The number of aliphatic hydroxyl groups is 1. The van der Waals surface area contributed by atoms with Crippen molar-refractivity contribution < 1.29 is 14.6 Å². The number of para-hydroxylation sites is 1. The molecule has 1 unspecified atom stereocenters. The van der Waals surface area contributed by atoms with Crippen LogP contribution in [0.2, 0.25) is 0 Å². The molecule has 0 bridgehead atoms. The molecule has 1 aliphatic heterocycles. The third kappa shape index (κ3) is 3.29. The lowest BCUT2D eigenvalue weighted by atomic mass is 10.1. The first kappa shape index (κ1) is 14.8. The summed E-state index contributed by atoms with van der Waals surface area (Å²) in [5, 5.41) is 12.4. The number of amides is 1. The van der Waals surface area contributed by atoms with Crippen molar-refractivity contribution in [2.24, 2.45) is 0 Å². The van der Waals surface area contributed by atoms with Crippen LogP contribution in [-0.2, 0) is 16.1 Å². The van der Waals surface area contributed by atoms with Crippen LogP contribution in [0.25, 0.3) is 0 Å². The zero-order valence-electron chi connectivity index (χ0n) is 12.0. The number of anilines is 1. The summed E-state index contributed by atoms with van der Waals surface area (Å²) in [6.07, 6.45) is 0. The van der Waals surface area contributed by atoms with E-state index < -0.39 is 0 Å². The quantitative estimate of drug-likeness (QED) is 0.859. The number of ether oxygens (including phenoxy) is 1. The van der Waals surface area contributed by atoms with Crippen LogP contribution in [0.15, 0.2) is 24.3 Å². The van der Waals surface area contributed by atoms with Crippen molar-refractivity contribution in [2.75, 3.05) is 24.7 Å². The summed E-state index contributed by atoms with van der Waals surface area (Å²) in [5.74, 6) is -0.0348. The van der Waals surface area contributed by atoms with Crippen LogP contribution in [0.5, 0.6) is 0 Å². The van der Waals surface area contributed by atoms with Crippen molar-refractivity contribution in [3.63, 3.8) is 0 Å². The van der Waals surface area contributed by atoms with Crippen molar-refractivity contribution in [1.29, 1.82) is 0 Å². The molecule has 2 rings (SSSR count). The zero-order chi connectivity index (χ0) is 14.5. The summed E-state index contributed by atoms with van der Waals surface area (Å²) in [5.41, 5.74) is 1.74. The Bertz CT molecular complexity index is 462. The number of nitrogens with zero attached hydrogens (tertiary/aromatic N) is 1. The Labute approximate surface area is 119 Å². The van der Waals surface area contributed by atoms with Gasteiger partial charge < -0.3 is 20.1 Å². The average molecular weight is 278 g/mol. The van der Waals surface area contributed by atoms with Gasteiger partial charge in [-0.2, -0.15) is 0 Å². The predicted octanol–water partition coefficient (Wildman–Crippen LogP) is 0.909. The molecule has 1 atom stereocenters. The fourth-order valence-electron chi connectivity index (χ4n) is 2.41. The highest BCUT2D eigenvalue weighted by molar-refractivity contribution is 5.86. The normalized spacial score (nSPS) is 19.2. The Kier molecular flexibility index (Phi) is 4.98. The largest absolute Gasteiger partial charge is 0.392 e. The van der Waals surface area contributed by atoms with Crippen LogP contribution in [0.3, 0.4) is 0 Å². The number of carbonyl (C=O) groups excluding carboxylic acids is 1. The Morgan fingerprint density at radius 2 is 2.25 bits per heavy atom. The van der Waals surface area contributed by atoms with Gasteiger partial charge in [0, 0.05) is 23.8 Å². The van der Waals surface area contributed by atoms with Gasteiger partial charge in [0.05, 0.1) is 19.8 Å². The Morgan fingerprint density at radius 3 is 2.95 bits per heavy atom. The van der Waals surface area contributed by atoms with E-state index in [-0.39, 0.29) is 24.6 Å². The number of hydrogen-bond acceptors (Lipinski definition) is 4. The summed E-state index contributed by atoms with van der Waals surface area (Å²) in [4.78, 5) is 14.3. The highest BCUT2D eigenvalue weighted by atomic mass is 16.5. The first-order chi connectivity index (χ1) is 9.63. The van der Waals surface area contributed by atoms with Crippen LogP contribution in [0.1, 0.15) is 19.4 Å². The highest BCUT2D eigenvalue weighted by Crippen LogP contribution is 2.24. The van der Waals surface area contributed by atoms with E-state index in [2.05, 4.69) is 5.32 Å². The summed E-state index contributed by atoms with van der Waals surface area (Å²) in [7, 11) is 0. The van der Waals surface area contributed by atoms with Gasteiger partial charge in [0.2, 0.25) is 5.91 Å². The van der Waals surface area contributed by atoms with Gasteiger partial charge in [-0.05, 0) is 19.9 Å². The third-order valence-corrected chi connectivity index (χ3v) is 3.33. The van der Waals surface area contributed by atoms with Crippen molar-refractivity contribution in [3.8, 4) is 0 Å². The maximum atomic E-state index is 12.3. The smallest absolute Gasteiger partial charge is 0.245 e. The first-order valence-electron chi connectivity index (χ1n) is 6.97. The molecule has 1 heterocycles. The van der Waals surface area contributed by atoms with E-state index in [0.29, 0.717) is 19.8 Å². The number of benzene rings is 1. The SMILES string of the molecule is CC(C)NC(=O)C1COCCN1c1ccccc1CO. The minimum Gasteiger partial charge on any atom is -0.392 e. The second-order valence-electron chi connectivity index (χ2n) is 5.23. The van der Waals surface area contributed by atoms with E-state index in [0.717, 1.165) is 11.3 Å². The predicted molar refractivity (Wildman–Crippen MR) is 77.6 cm³/mol. The maximum absolute atomic E-state index is 12.3. The standard InChI is InChI=1S/C15H22N2O3/c1-11(2)16-15(19)14-10-20-8-7-17(14)13-6-4-3-5-12(13)9-18/h3-6,11,14,18H,7-10H2,1-2H3,(H,16,19). The molecule has 1 saturated heterocycles. The van der Waals surface area contributed by atoms with Crippen molar-refractivity contribution in [1.82, 2.24) is 5.32 Å². The fourth-order valence-corrected chi connectivity index (χ4v) is 2.41. The molecule has 1 fully saturated rings. The van der Waals surface area contributed by atoms with Crippen LogP contribution in [0, 0.1) is 0 Å². The maximum Gasteiger partial charge on any atom is 0.245 e. The minimum absolute atomic E-state index is 0.0348. The number of aliphatic hydroxyl groups excluding tert-OH is 1. The zero-order valence-corrected chi connectivity index (χ0v) is 12.0. The number of morpholine rings is 1. The molecule has 0 aromatic heterocycles. The van der Waals surface area contributed by atoms with Gasteiger partial charge in [0.25, 0.3) is 0 Å². The molecule has 20 heavy (non-hydrogen) atoms. The van der Waals surface area contributed by atoms with E-state index in [4.69, 9.17) is 4.74 Å². The molecule has 0 saturated carbocycles. The minimum atomic E-state index is -0.348. The molecule has 1 aromatic rings. The third-order valence-electron chi connectivity index (χ3n) is 3.33. The van der Waals surface area contributed by atoms with E-state index in [1.807, 2.05) is 43.0 Å². The van der Waals surface area contributed by atoms with Gasteiger partial charge >= 0.3 is 0 Å². The monoisotopic (exact) mass is 278 g/mol. The number of nitrogens with one attached hydrogen (secondary N) is 1. The molecule has 1 amide bonds. The van der Waals surface area contributed by atoms with E-state index in [1.54, 1.807) is 0 Å². The topological polar surface area (TPSA) is 61.8 Å². The van der Waals surface area contributed by atoms with E-state index in [9.17, 15) is 9.90 Å². The van der Waals surface area contributed by atoms with E-state index >= 15 is 0 Å². The van der Waals surface area contributed by atoms with Crippen LogP contribution < -0.4 is 10.2 Å². The van der Waals surface area contributed by atoms with Gasteiger partial charge in [-0.25, -0.2) is 0 Å². The van der Waals surface area contributed by atoms with Gasteiger partial charge in [-0.3, -0.25) is 4.79 Å². The molecule has 5 nitrogen and oxygen atoms in total. The molecule has 110 valence electrons. The Morgan fingerprint density at radius 1 is 1.50 bits per heavy atom. The lowest BCUT2D eigenvalue weighted by Crippen LogP contribution is -2.55. The van der Waals surface area contributed by atoms with Gasteiger partial charge in [0.1, 0.15) is 6.04 Å². The average Bonchev–Trinajstić information content (AvgIpc) is 2.46. The van der Waals surface area contributed by atoms with Gasteiger partial charge in [-0.15, -0.1) is 0 Å². The summed E-state index contributed by atoms with van der Waals surface area (Å²) >= 11 is 0. The second-order valence-corrected chi connectivity index (χ2v) is 5.23. The Balaban J connectivity index is 2.24. The number of rotatable bonds is 4.